The van der Waals surface area contributed by atoms with Gasteiger partial charge in [0.1, 0.15) is 5.75 Å². The molecule has 1 aromatic carbocycles. The molecule has 0 amide bonds. The van der Waals surface area contributed by atoms with E-state index >= 15 is 0 Å². The Hall–Kier alpha value is -1.34. The van der Waals surface area contributed by atoms with E-state index in [0.29, 0.717) is 5.75 Å². The maximum atomic E-state index is 12.2. The average molecular weight is 381 g/mol. The molecule has 0 spiro atoms. The SMILES string of the molecule is CC(C)(C)[Si](C)(C)Oc1ccc(C(=O)CC(=O)C(F)(F)F)cc1Cl. The second kappa shape index (κ2) is 6.88. The van der Waals surface area contributed by atoms with E-state index in [-0.39, 0.29) is 15.6 Å². The highest BCUT2D eigenvalue weighted by Crippen LogP contribution is 2.39. The van der Waals surface area contributed by atoms with Crippen molar-refractivity contribution in [3.63, 3.8) is 0 Å². The van der Waals surface area contributed by atoms with Crippen molar-refractivity contribution in [1.29, 1.82) is 0 Å². The molecule has 1 rings (SSSR count). The van der Waals surface area contributed by atoms with Crippen LogP contribution in [0.25, 0.3) is 0 Å². The monoisotopic (exact) mass is 380 g/mol. The van der Waals surface area contributed by atoms with Gasteiger partial charge in [-0.25, -0.2) is 0 Å². The topological polar surface area (TPSA) is 43.4 Å². The van der Waals surface area contributed by atoms with Gasteiger partial charge in [-0.05, 0) is 36.3 Å². The molecule has 0 heterocycles. The number of hydrogen-bond donors (Lipinski definition) is 0. The van der Waals surface area contributed by atoms with E-state index in [2.05, 4.69) is 0 Å². The summed E-state index contributed by atoms with van der Waals surface area (Å²) in [5, 5.41) is 0.0642. The molecule has 0 radical (unpaired) electrons. The largest absolute Gasteiger partial charge is 0.543 e. The quantitative estimate of drug-likeness (QED) is 0.388. The number of alkyl halides is 3. The fourth-order valence-corrected chi connectivity index (χ4v) is 2.85. The lowest BCUT2D eigenvalue weighted by Crippen LogP contribution is -2.43. The van der Waals surface area contributed by atoms with Gasteiger partial charge in [0.2, 0.25) is 5.78 Å². The maximum absolute atomic E-state index is 12.2. The van der Waals surface area contributed by atoms with E-state index in [1.165, 1.54) is 18.2 Å². The summed E-state index contributed by atoms with van der Waals surface area (Å²) in [6.07, 6.45) is -6.26. The highest BCUT2D eigenvalue weighted by atomic mass is 35.5. The summed E-state index contributed by atoms with van der Waals surface area (Å²) in [5.41, 5.74) is -0.0554. The molecule has 0 saturated heterocycles. The van der Waals surface area contributed by atoms with Gasteiger partial charge in [-0.1, -0.05) is 32.4 Å². The first kappa shape index (κ1) is 20.7. The number of rotatable bonds is 5. The summed E-state index contributed by atoms with van der Waals surface area (Å²) < 4.78 is 42.7. The minimum atomic E-state index is -5.02. The Kier molecular flexibility index (Phi) is 5.93. The predicted molar refractivity (Wildman–Crippen MR) is 89.3 cm³/mol. The van der Waals surface area contributed by atoms with E-state index in [9.17, 15) is 22.8 Å². The number of carbonyl (C=O) groups is 2. The van der Waals surface area contributed by atoms with Crippen LogP contribution in [0.2, 0.25) is 23.2 Å². The number of halogens is 4. The third-order valence-corrected chi connectivity index (χ3v) is 8.70. The van der Waals surface area contributed by atoms with Gasteiger partial charge in [0.05, 0.1) is 11.4 Å². The molecule has 0 aromatic heterocycles. The molecule has 0 saturated carbocycles. The van der Waals surface area contributed by atoms with Crippen LogP contribution in [0.15, 0.2) is 18.2 Å². The molecule has 0 atom stereocenters. The zero-order valence-electron chi connectivity index (χ0n) is 14.2. The highest BCUT2D eigenvalue weighted by molar-refractivity contribution is 6.74. The number of hydrogen-bond acceptors (Lipinski definition) is 3. The summed E-state index contributed by atoms with van der Waals surface area (Å²) in [7, 11) is -2.14. The lowest BCUT2D eigenvalue weighted by atomic mass is 10.1. The van der Waals surface area contributed by atoms with Gasteiger partial charge >= 0.3 is 6.18 Å². The van der Waals surface area contributed by atoms with Gasteiger partial charge < -0.3 is 4.43 Å². The Bertz CT molecular complexity index is 649. The molecule has 3 nitrogen and oxygen atoms in total. The van der Waals surface area contributed by atoms with E-state index in [4.69, 9.17) is 16.0 Å². The zero-order valence-corrected chi connectivity index (χ0v) is 15.9. The summed E-state index contributed by atoms with van der Waals surface area (Å²) in [5.74, 6) is -2.63. The first-order valence-corrected chi connectivity index (χ1v) is 10.6. The number of carbonyl (C=O) groups excluding carboxylic acids is 2. The third kappa shape index (κ3) is 5.08. The Morgan fingerprint density at radius 2 is 1.71 bits per heavy atom. The van der Waals surface area contributed by atoms with Crippen LogP contribution in [0.1, 0.15) is 37.6 Å². The van der Waals surface area contributed by atoms with Crippen LogP contribution >= 0.6 is 11.6 Å². The Morgan fingerprint density at radius 1 is 1.17 bits per heavy atom. The fraction of sp³-hybridized carbons (Fsp3) is 0.500. The molecule has 0 N–H and O–H groups in total. The molecular weight excluding hydrogens is 361 g/mol. The second-order valence-electron chi connectivity index (χ2n) is 7.03. The molecular formula is C16H20ClF3O3Si. The van der Waals surface area contributed by atoms with Crippen LogP contribution in [0.3, 0.4) is 0 Å². The molecule has 0 unspecified atom stereocenters. The first-order chi connectivity index (χ1) is 10.6. The van der Waals surface area contributed by atoms with Crippen molar-refractivity contribution in [2.45, 2.75) is 51.5 Å². The summed E-state index contributed by atoms with van der Waals surface area (Å²) in [6, 6.07) is 4.00. The summed E-state index contributed by atoms with van der Waals surface area (Å²) in [6.45, 7) is 10.2. The number of benzene rings is 1. The summed E-state index contributed by atoms with van der Waals surface area (Å²) >= 11 is 6.09. The molecule has 0 fully saturated rings. The molecule has 24 heavy (non-hydrogen) atoms. The molecule has 134 valence electrons. The van der Waals surface area contributed by atoms with Gasteiger partial charge in [0.25, 0.3) is 8.32 Å². The Balaban J connectivity index is 2.97. The van der Waals surface area contributed by atoms with Crippen LogP contribution in [0.5, 0.6) is 5.75 Å². The highest BCUT2D eigenvalue weighted by Gasteiger charge is 2.40. The molecule has 8 heteroatoms. The number of ketones is 2. The van der Waals surface area contributed by atoms with Crippen LogP contribution in [0.4, 0.5) is 13.2 Å². The smallest absolute Gasteiger partial charge is 0.450 e. The second-order valence-corrected chi connectivity index (χ2v) is 12.2. The van der Waals surface area contributed by atoms with E-state index < -0.39 is 32.5 Å². The zero-order chi connectivity index (χ0) is 18.9. The van der Waals surface area contributed by atoms with Crippen molar-refractivity contribution in [3.8, 4) is 5.75 Å². The fourth-order valence-electron chi connectivity index (χ4n) is 1.53. The van der Waals surface area contributed by atoms with E-state index in [0.717, 1.165) is 0 Å². The van der Waals surface area contributed by atoms with Crippen molar-refractivity contribution in [2.75, 3.05) is 0 Å². The van der Waals surface area contributed by atoms with Gasteiger partial charge in [-0.2, -0.15) is 13.2 Å². The molecule has 1 aromatic rings. The predicted octanol–water partition coefficient (Wildman–Crippen LogP) is 5.43. The summed E-state index contributed by atoms with van der Waals surface area (Å²) in [4.78, 5) is 22.7. The van der Waals surface area contributed by atoms with Crippen LogP contribution in [-0.4, -0.2) is 26.1 Å². The lowest BCUT2D eigenvalue weighted by molar-refractivity contribution is -0.170. The van der Waals surface area contributed by atoms with E-state index in [1.807, 2.05) is 33.9 Å². The van der Waals surface area contributed by atoms with Crippen LogP contribution in [-0.2, 0) is 4.79 Å². The van der Waals surface area contributed by atoms with E-state index in [1.54, 1.807) is 0 Å². The third-order valence-electron chi connectivity index (χ3n) is 4.06. The number of Topliss-reactive ketones (excluding diaryl/α,β-unsaturated/α-hetero) is 2. The minimum absolute atomic E-state index is 0.0554. The van der Waals surface area contributed by atoms with Gasteiger partial charge in [0.15, 0.2) is 5.78 Å². The van der Waals surface area contributed by atoms with Crippen molar-refractivity contribution < 1.29 is 27.2 Å². The van der Waals surface area contributed by atoms with Crippen LogP contribution < -0.4 is 4.43 Å². The maximum Gasteiger partial charge on any atom is 0.450 e. The van der Waals surface area contributed by atoms with Crippen molar-refractivity contribution in [1.82, 2.24) is 0 Å². The Labute approximate surface area is 145 Å². The van der Waals surface area contributed by atoms with Crippen molar-refractivity contribution in [3.05, 3.63) is 28.8 Å². The standard InChI is InChI=1S/C16H20ClF3O3Si/c1-15(2,3)24(4,5)23-13-7-6-10(8-11(13)17)12(21)9-14(22)16(18,19)20/h6-8H,9H2,1-5H3. The van der Waals surface area contributed by atoms with Crippen LogP contribution in [0, 0.1) is 0 Å². The lowest BCUT2D eigenvalue weighted by Gasteiger charge is -2.36. The first-order valence-electron chi connectivity index (χ1n) is 7.27. The molecule has 0 aliphatic heterocycles. The molecule has 0 aliphatic rings. The van der Waals surface area contributed by atoms with Gasteiger partial charge in [-0.3, -0.25) is 9.59 Å². The van der Waals surface area contributed by atoms with Gasteiger partial charge in [0, 0.05) is 5.56 Å². The van der Waals surface area contributed by atoms with Gasteiger partial charge in [-0.15, -0.1) is 0 Å². The molecule has 0 aliphatic carbocycles. The normalized spacial score (nSPS) is 12.9. The van der Waals surface area contributed by atoms with Crippen molar-refractivity contribution >= 4 is 31.5 Å². The Morgan fingerprint density at radius 3 is 2.12 bits per heavy atom. The molecule has 0 bridgehead atoms. The average Bonchev–Trinajstić information content (AvgIpc) is 2.38. The van der Waals surface area contributed by atoms with Crippen molar-refractivity contribution in [2.24, 2.45) is 0 Å². The minimum Gasteiger partial charge on any atom is -0.543 e.